The van der Waals surface area contributed by atoms with Gasteiger partial charge in [0.05, 0.1) is 11.1 Å². The molecule has 5 rings (SSSR count). The Morgan fingerprint density at radius 1 is 1.10 bits per heavy atom. The summed E-state index contributed by atoms with van der Waals surface area (Å²) in [4.78, 5) is 13.0. The van der Waals surface area contributed by atoms with E-state index in [1.807, 2.05) is 12.1 Å². The summed E-state index contributed by atoms with van der Waals surface area (Å²) in [6.45, 7) is 1.01. The van der Waals surface area contributed by atoms with Gasteiger partial charge in [-0.3, -0.25) is 4.98 Å². The van der Waals surface area contributed by atoms with Gasteiger partial charge in [0.15, 0.2) is 0 Å². The first-order valence-corrected chi connectivity index (χ1v) is 12.2. The number of aryl methyl sites for hydroxylation is 2. The molecule has 0 amide bonds. The van der Waals surface area contributed by atoms with Gasteiger partial charge in [-0.05, 0) is 67.7 Å². The first kappa shape index (κ1) is 20.3. The lowest BCUT2D eigenvalue weighted by atomic mass is 9.92. The van der Waals surface area contributed by atoms with E-state index in [-0.39, 0.29) is 5.92 Å². The van der Waals surface area contributed by atoms with Gasteiger partial charge in [-0.2, -0.15) is 9.29 Å². The fourth-order valence-corrected chi connectivity index (χ4v) is 6.14. The zero-order valence-electron chi connectivity index (χ0n) is 17.3. The van der Waals surface area contributed by atoms with Gasteiger partial charge in [0, 0.05) is 31.9 Å². The van der Waals surface area contributed by atoms with Crippen LogP contribution in [0, 0.1) is 5.92 Å². The molecule has 9 heteroatoms. The van der Waals surface area contributed by atoms with Crippen molar-refractivity contribution < 1.29 is 12.9 Å². The van der Waals surface area contributed by atoms with Gasteiger partial charge < -0.3 is 4.52 Å². The minimum Gasteiger partial charge on any atom is -0.339 e. The van der Waals surface area contributed by atoms with E-state index in [0.29, 0.717) is 41.8 Å². The van der Waals surface area contributed by atoms with Crippen molar-refractivity contribution in [3.63, 3.8) is 0 Å². The molecular weight excluding hydrogens is 414 g/mol. The number of fused-ring (bicyclic) bond motifs is 1. The topological polar surface area (TPSA) is 102 Å². The highest BCUT2D eigenvalue weighted by molar-refractivity contribution is 7.89. The molecule has 1 aromatic carbocycles. The predicted octanol–water partition coefficient (Wildman–Crippen LogP) is 3.05. The van der Waals surface area contributed by atoms with Gasteiger partial charge in [-0.1, -0.05) is 11.2 Å². The molecule has 1 atom stereocenters. The Balaban J connectivity index is 1.29. The average Bonchev–Trinajstić information content (AvgIpc) is 3.28. The molecule has 1 fully saturated rings. The van der Waals surface area contributed by atoms with E-state index in [1.54, 1.807) is 29.0 Å². The van der Waals surface area contributed by atoms with E-state index in [9.17, 15) is 8.42 Å². The van der Waals surface area contributed by atoms with Crippen LogP contribution in [-0.4, -0.2) is 45.9 Å². The Morgan fingerprint density at radius 2 is 1.97 bits per heavy atom. The molecular formula is C22H25N5O3S. The molecule has 8 nitrogen and oxygen atoms in total. The Kier molecular flexibility index (Phi) is 5.54. The van der Waals surface area contributed by atoms with Crippen LogP contribution in [-0.2, 0) is 29.3 Å². The summed E-state index contributed by atoms with van der Waals surface area (Å²) in [5.41, 5.74) is 3.03. The number of piperidine rings is 1. The molecule has 31 heavy (non-hydrogen) atoms. The second kappa shape index (κ2) is 8.47. The van der Waals surface area contributed by atoms with Crippen LogP contribution in [0.4, 0.5) is 0 Å². The Hall–Kier alpha value is -2.65. The van der Waals surface area contributed by atoms with Crippen molar-refractivity contribution in [2.75, 3.05) is 13.1 Å². The van der Waals surface area contributed by atoms with Crippen LogP contribution in [0.1, 0.15) is 42.7 Å². The molecule has 3 aromatic rings. The first-order chi connectivity index (χ1) is 15.1. The lowest BCUT2D eigenvalue weighted by Crippen LogP contribution is -2.40. The molecule has 0 spiro atoms. The summed E-state index contributed by atoms with van der Waals surface area (Å²) in [6, 6.07) is 5.65. The molecule has 3 heterocycles. The Morgan fingerprint density at radius 3 is 2.81 bits per heavy atom. The van der Waals surface area contributed by atoms with Crippen molar-refractivity contribution >= 4 is 10.0 Å². The number of aromatic nitrogens is 4. The summed E-state index contributed by atoms with van der Waals surface area (Å²) in [7, 11) is -3.51. The van der Waals surface area contributed by atoms with Crippen molar-refractivity contribution in [1.82, 2.24) is 24.4 Å². The summed E-state index contributed by atoms with van der Waals surface area (Å²) in [5.74, 6) is 1.03. The molecule has 0 bridgehead atoms. The SMILES string of the molecule is O=S(=O)(c1ccc2c(c1)CCCC2)N1CCCC(Cc2nc(-c3cnccn3)no2)C1. The third-order valence-electron chi connectivity index (χ3n) is 6.16. The van der Waals surface area contributed by atoms with Gasteiger partial charge in [-0.25, -0.2) is 13.4 Å². The number of nitrogens with zero attached hydrogens (tertiary/aromatic N) is 5. The zero-order chi connectivity index (χ0) is 21.3. The van der Waals surface area contributed by atoms with E-state index in [4.69, 9.17) is 4.52 Å². The van der Waals surface area contributed by atoms with Crippen molar-refractivity contribution in [1.29, 1.82) is 0 Å². The third-order valence-corrected chi connectivity index (χ3v) is 8.02. The lowest BCUT2D eigenvalue weighted by Gasteiger charge is -2.31. The highest BCUT2D eigenvalue weighted by atomic mass is 32.2. The van der Waals surface area contributed by atoms with Crippen molar-refractivity contribution in [3.05, 3.63) is 53.8 Å². The molecule has 0 N–H and O–H groups in total. The number of hydrogen-bond donors (Lipinski definition) is 0. The summed E-state index contributed by atoms with van der Waals surface area (Å²) < 4.78 is 33.6. The minimum atomic E-state index is -3.51. The van der Waals surface area contributed by atoms with Gasteiger partial charge in [0.25, 0.3) is 0 Å². The second-order valence-electron chi connectivity index (χ2n) is 8.32. The van der Waals surface area contributed by atoms with Crippen molar-refractivity contribution in [3.8, 4) is 11.5 Å². The average molecular weight is 440 g/mol. The molecule has 0 radical (unpaired) electrons. The Labute approximate surface area is 181 Å². The molecule has 1 saturated heterocycles. The molecule has 2 aromatic heterocycles. The van der Waals surface area contributed by atoms with Crippen LogP contribution in [0.3, 0.4) is 0 Å². The standard InChI is InChI=1S/C22H25N5O3S/c28-31(29,19-8-7-17-5-1-2-6-18(17)13-19)27-11-3-4-16(15-27)12-21-25-22(26-30-21)20-14-23-9-10-24-20/h7-10,13-14,16H,1-6,11-12,15H2. The maximum atomic E-state index is 13.3. The summed E-state index contributed by atoms with van der Waals surface area (Å²) in [6.07, 6.45) is 11.4. The highest BCUT2D eigenvalue weighted by Gasteiger charge is 2.31. The number of benzene rings is 1. The highest BCUT2D eigenvalue weighted by Crippen LogP contribution is 2.29. The molecule has 1 unspecified atom stereocenters. The summed E-state index contributed by atoms with van der Waals surface area (Å²) in [5, 5.41) is 3.99. The van der Waals surface area contributed by atoms with Crippen LogP contribution < -0.4 is 0 Å². The van der Waals surface area contributed by atoms with Crippen LogP contribution >= 0.6 is 0 Å². The van der Waals surface area contributed by atoms with Gasteiger partial charge in [0.1, 0.15) is 5.69 Å². The van der Waals surface area contributed by atoms with Crippen LogP contribution in [0.2, 0.25) is 0 Å². The van der Waals surface area contributed by atoms with Gasteiger partial charge in [0.2, 0.25) is 21.7 Å². The molecule has 1 aliphatic heterocycles. The van der Waals surface area contributed by atoms with Gasteiger partial charge >= 0.3 is 0 Å². The molecule has 2 aliphatic rings. The van der Waals surface area contributed by atoms with E-state index in [1.165, 1.54) is 17.5 Å². The predicted molar refractivity (Wildman–Crippen MR) is 114 cm³/mol. The minimum absolute atomic E-state index is 0.135. The number of sulfonamides is 1. The van der Waals surface area contributed by atoms with Crippen LogP contribution in [0.25, 0.3) is 11.5 Å². The number of rotatable bonds is 5. The van der Waals surface area contributed by atoms with E-state index in [0.717, 1.165) is 32.1 Å². The van der Waals surface area contributed by atoms with Crippen LogP contribution in [0.5, 0.6) is 0 Å². The van der Waals surface area contributed by atoms with E-state index in [2.05, 4.69) is 20.1 Å². The maximum absolute atomic E-state index is 13.3. The quantitative estimate of drug-likeness (QED) is 0.602. The van der Waals surface area contributed by atoms with Gasteiger partial charge in [-0.15, -0.1) is 0 Å². The lowest BCUT2D eigenvalue weighted by molar-refractivity contribution is 0.247. The second-order valence-corrected chi connectivity index (χ2v) is 10.3. The number of hydrogen-bond acceptors (Lipinski definition) is 7. The molecule has 1 aliphatic carbocycles. The normalized spacial score (nSPS) is 19.8. The van der Waals surface area contributed by atoms with E-state index >= 15 is 0 Å². The monoisotopic (exact) mass is 439 g/mol. The smallest absolute Gasteiger partial charge is 0.243 e. The van der Waals surface area contributed by atoms with Crippen molar-refractivity contribution in [2.45, 2.75) is 49.8 Å². The Bertz CT molecular complexity index is 1160. The third kappa shape index (κ3) is 4.24. The molecule has 162 valence electrons. The van der Waals surface area contributed by atoms with Crippen LogP contribution in [0.15, 0.2) is 46.2 Å². The largest absolute Gasteiger partial charge is 0.339 e. The fourth-order valence-electron chi connectivity index (χ4n) is 4.53. The van der Waals surface area contributed by atoms with Crippen molar-refractivity contribution in [2.24, 2.45) is 5.92 Å². The zero-order valence-corrected chi connectivity index (χ0v) is 18.1. The first-order valence-electron chi connectivity index (χ1n) is 10.8. The maximum Gasteiger partial charge on any atom is 0.243 e. The fraction of sp³-hybridized carbons (Fsp3) is 0.455. The molecule has 0 saturated carbocycles. The van der Waals surface area contributed by atoms with E-state index < -0.39 is 10.0 Å². The summed E-state index contributed by atoms with van der Waals surface area (Å²) >= 11 is 0.